The molecule has 19 heavy (non-hydrogen) atoms. The Balaban J connectivity index is 1.93. The minimum atomic E-state index is -1.02. The molecule has 1 fully saturated rings. The van der Waals surface area contributed by atoms with Crippen LogP contribution in [0.4, 0.5) is 4.79 Å². The Hall–Kier alpha value is -2.08. The molecule has 102 valence electrons. The summed E-state index contributed by atoms with van der Waals surface area (Å²) in [5, 5.41) is 12.0. The van der Waals surface area contributed by atoms with Crippen molar-refractivity contribution in [1.82, 2.24) is 10.2 Å². The molecule has 2 N–H and O–H groups in total. The van der Waals surface area contributed by atoms with E-state index in [9.17, 15) is 9.59 Å². The highest BCUT2D eigenvalue weighted by Gasteiger charge is 2.32. The van der Waals surface area contributed by atoms with Crippen LogP contribution in [0.5, 0.6) is 0 Å². The van der Waals surface area contributed by atoms with E-state index in [2.05, 4.69) is 5.32 Å². The molecule has 0 bridgehead atoms. The molecular formula is C13H16N2O4. The summed E-state index contributed by atoms with van der Waals surface area (Å²) in [6.07, 6.45) is -0.585. The van der Waals surface area contributed by atoms with Crippen molar-refractivity contribution >= 4 is 12.1 Å². The maximum absolute atomic E-state index is 11.9. The summed E-state index contributed by atoms with van der Waals surface area (Å²) >= 11 is 0. The van der Waals surface area contributed by atoms with Crippen LogP contribution >= 0.6 is 0 Å². The van der Waals surface area contributed by atoms with Gasteiger partial charge in [0.05, 0.1) is 0 Å². The van der Waals surface area contributed by atoms with Crippen LogP contribution in [0.1, 0.15) is 5.56 Å². The molecule has 1 atom stereocenters. The number of hydrogen-bond donors (Lipinski definition) is 2. The highest BCUT2D eigenvalue weighted by Crippen LogP contribution is 2.08. The maximum Gasteiger partial charge on any atom is 0.410 e. The molecule has 1 aromatic rings. The molecule has 0 aliphatic carbocycles. The van der Waals surface area contributed by atoms with Crippen molar-refractivity contribution in [2.24, 2.45) is 0 Å². The Bertz CT molecular complexity index is 449. The predicted molar refractivity (Wildman–Crippen MR) is 67.6 cm³/mol. The lowest BCUT2D eigenvalue weighted by Gasteiger charge is -2.32. The average Bonchev–Trinajstić information content (AvgIpc) is 2.46. The van der Waals surface area contributed by atoms with Crippen molar-refractivity contribution < 1.29 is 19.4 Å². The lowest BCUT2D eigenvalue weighted by atomic mass is 10.2. The van der Waals surface area contributed by atoms with E-state index in [0.29, 0.717) is 13.1 Å². The van der Waals surface area contributed by atoms with Gasteiger partial charge in [0.25, 0.3) is 0 Å². The molecular weight excluding hydrogens is 248 g/mol. The molecule has 1 aliphatic rings. The molecule has 1 heterocycles. The minimum absolute atomic E-state index is 0.149. The van der Waals surface area contributed by atoms with Crippen molar-refractivity contribution in [3.63, 3.8) is 0 Å². The second kappa shape index (κ2) is 6.19. The molecule has 0 radical (unpaired) electrons. The summed E-state index contributed by atoms with van der Waals surface area (Å²) < 4.78 is 5.14. The van der Waals surface area contributed by atoms with Crippen molar-refractivity contribution in [2.45, 2.75) is 12.6 Å². The largest absolute Gasteiger partial charge is 0.480 e. The fraction of sp³-hybridized carbons (Fsp3) is 0.385. The van der Waals surface area contributed by atoms with Crippen LogP contribution in [0.2, 0.25) is 0 Å². The molecule has 1 saturated heterocycles. The summed E-state index contributed by atoms with van der Waals surface area (Å²) in [5.74, 6) is -1.02. The molecule has 1 unspecified atom stereocenters. The highest BCUT2D eigenvalue weighted by atomic mass is 16.6. The number of carbonyl (C=O) groups excluding carboxylic acids is 1. The molecule has 0 aromatic heterocycles. The Kier molecular flexibility index (Phi) is 4.35. The number of ether oxygens (including phenoxy) is 1. The first-order valence-corrected chi connectivity index (χ1v) is 6.09. The monoisotopic (exact) mass is 264 g/mol. The van der Waals surface area contributed by atoms with Gasteiger partial charge in [-0.25, -0.2) is 9.59 Å². The number of carbonyl (C=O) groups is 2. The maximum atomic E-state index is 11.9. The normalized spacial score (nSPS) is 18.9. The molecule has 0 saturated carbocycles. The number of carboxylic acids is 1. The topological polar surface area (TPSA) is 78.9 Å². The minimum Gasteiger partial charge on any atom is -0.480 e. The van der Waals surface area contributed by atoms with E-state index < -0.39 is 18.1 Å². The first-order valence-electron chi connectivity index (χ1n) is 6.09. The summed E-state index contributed by atoms with van der Waals surface area (Å²) in [6.45, 7) is 1.31. The zero-order valence-corrected chi connectivity index (χ0v) is 10.4. The third kappa shape index (κ3) is 3.45. The molecule has 1 aliphatic heterocycles. The smallest absolute Gasteiger partial charge is 0.410 e. The average molecular weight is 264 g/mol. The van der Waals surface area contributed by atoms with Gasteiger partial charge < -0.3 is 15.2 Å². The summed E-state index contributed by atoms with van der Waals surface area (Å²) in [5.41, 5.74) is 0.873. The van der Waals surface area contributed by atoms with Gasteiger partial charge in [-0.05, 0) is 5.56 Å². The van der Waals surface area contributed by atoms with Gasteiger partial charge in [-0.15, -0.1) is 0 Å². The SMILES string of the molecule is O=C(O)C1CNCCN1C(=O)OCc1ccccc1. The number of rotatable bonds is 3. The molecule has 6 heteroatoms. The van der Waals surface area contributed by atoms with Gasteiger partial charge in [0, 0.05) is 19.6 Å². The van der Waals surface area contributed by atoms with E-state index in [1.54, 1.807) is 0 Å². The molecule has 1 aromatic carbocycles. The summed E-state index contributed by atoms with van der Waals surface area (Å²) in [7, 11) is 0. The zero-order valence-electron chi connectivity index (χ0n) is 10.4. The number of aliphatic carboxylic acids is 1. The summed E-state index contributed by atoms with van der Waals surface area (Å²) in [4.78, 5) is 24.2. The zero-order chi connectivity index (χ0) is 13.7. The number of nitrogens with one attached hydrogen (secondary N) is 1. The first-order chi connectivity index (χ1) is 9.18. The highest BCUT2D eigenvalue weighted by molar-refractivity contribution is 5.80. The van der Waals surface area contributed by atoms with Crippen LogP contribution in [-0.4, -0.2) is 47.7 Å². The van der Waals surface area contributed by atoms with E-state index in [0.717, 1.165) is 5.56 Å². The van der Waals surface area contributed by atoms with Gasteiger partial charge in [-0.2, -0.15) is 0 Å². The Morgan fingerprint density at radius 1 is 1.37 bits per heavy atom. The Morgan fingerprint density at radius 3 is 2.79 bits per heavy atom. The number of amides is 1. The van der Waals surface area contributed by atoms with E-state index >= 15 is 0 Å². The van der Waals surface area contributed by atoms with Gasteiger partial charge in [0.15, 0.2) is 0 Å². The number of nitrogens with zero attached hydrogens (tertiary/aromatic N) is 1. The second-order valence-corrected chi connectivity index (χ2v) is 4.29. The van der Waals surface area contributed by atoms with Crippen LogP contribution < -0.4 is 5.32 Å². The van der Waals surface area contributed by atoms with Gasteiger partial charge in [-0.3, -0.25) is 4.90 Å². The quantitative estimate of drug-likeness (QED) is 0.839. The van der Waals surface area contributed by atoms with E-state index in [4.69, 9.17) is 9.84 Å². The Morgan fingerprint density at radius 2 is 2.11 bits per heavy atom. The fourth-order valence-electron chi connectivity index (χ4n) is 1.95. The third-order valence-corrected chi connectivity index (χ3v) is 2.97. The van der Waals surface area contributed by atoms with E-state index in [1.165, 1.54) is 4.90 Å². The van der Waals surface area contributed by atoms with Crippen LogP contribution in [0, 0.1) is 0 Å². The van der Waals surface area contributed by atoms with Gasteiger partial charge in [0.1, 0.15) is 12.6 Å². The van der Waals surface area contributed by atoms with Crippen molar-refractivity contribution in [1.29, 1.82) is 0 Å². The first kappa shape index (κ1) is 13.4. The summed E-state index contributed by atoms with van der Waals surface area (Å²) in [6, 6.07) is 8.42. The standard InChI is InChI=1S/C13H16N2O4/c16-12(17)11-8-14-6-7-15(11)13(18)19-9-10-4-2-1-3-5-10/h1-5,11,14H,6-9H2,(H,16,17). The van der Waals surface area contributed by atoms with Crippen molar-refractivity contribution in [3.05, 3.63) is 35.9 Å². The number of hydrogen-bond acceptors (Lipinski definition) is 4. The lowest BCUT2D eigenvalue weighted by molar-refractivity contribution is -0.143. The van der Waals surface area contributed by atoms with Crippen molar-refractivity contribution in [3.8, 4) is 0 Å². The van der Waals surface area contributed by atoms with Crippen LogP contribution in [0.15, 0.2) is 30.3 Å². The Labute approximate surface area is 111 Å². The number of benzene rings is 1. The van der Waals surface area contributed by atoms with Crippen LogP contribution in [0.3, 0.4) is 0 Å². The third-order valence-electron chi connectivity index (χ3n) is 2.97. The molecule has 6 nitrogen and oxygen atoms in total. The van der Waals surface area contributed by atoms with E-state index in [-0.39, 0.29) is 13.2 Å². The lowest BCUT2D eigenvalue weighted by Crippen LogP contribution is -2.57. The van der Waals surface area contributed by atoms with Crippen LogP contribution in [-0.2, 0) is 16.1 Å². The van der Waals surface area contributed by atoms with Crippen molar-refractivity contribution in [2.75, 3.05) is 19.6 Å². The fourth-order valence-corrected chi connectivity index (χ4v) is 1.95. The predicted octanol–water partition coefficient (Wildman–Crippen LogP) is 0.682. The second-order valence-electron chi connectivity index (χ2n) is 4.29. The van der Waals surface area contributed by atoms with E-state index in [1.807, 2.05) is 30.3 Å². The number of carboxylic acid groups (broad SMARTS) is 1. The van der Waals surface area contributed by atoms with Crippen LogP contribution in [0.25, 0.3) is 0 Å². The van der Waals surface area contributed by atoms with Gasteiger partial charge in [0.2, 0.25) is 0 Å². The molecule has 1 amide bonds. The van der Waals surface area contributed by atoms with Gasteiger partial charge in [-0.1, -0.05) is 30.3 Å². The molecule has 2 rings (SSSR count). The van der Waals surface area contributed by atoms with Gasteiger partial charge >= 0.3 is 12.1 Å². The molecule has 0 spiro atoms. The number of piperazine rings is 1.